The van der Waals surface area contributed by atoms with Crippen molar-refractivity contribution >= 4 is 18.0 Å². The lowest BCUT2D eigenvalue weighted by molar-refractivity contribution is 0.0774. The minimum absolute atomic E-state index is 0.0610. The van der Waals surface area contributed by atoms with E-state index in [1.165, 1.54) is 21.3 Å². The quantitative estimate of drug-likeness (QED) is 0.557. The predicted octanol–water partition coefficient (Wildman–Crippen LogP) is 3.62. The van der Waals surface area contributed by atoms with E-state index in [1.54, 1.807) is 43.0 Å². The minimum Gasteiger partial charge on any atom is -0.507 e. The first kappa shape index (κ1) is 26.2. The van der Waals surface area contributed by atoms with Gasteiger partial charge in [-0.1, -0.05) is 0 Å². The second-order valence-corrected chi connectivity index (χ2v) is 8.76. The number of aromatic hydroxyl groups is 1. The van der Waals surface area contributed by atoms with Crippen LogP contribution in [0.25, 0.3) is 6.08 Å². The Balaban J connectivity index is 1.60. The number of carbonyl (C=O) groups excluding carboxylic acids is 2. The summed E-state index contributed by atoms with van der Waals surface area (Å²) in [6.07, 6.45) is 1.29. The summed E-state index contributed by atoms with van der Waals surface area (Å²) in [6.45, 7) is 6.48. The van der Waals surface area contributed by atoms with Gasteiger partial charge in [0.05, 0.1) is 39.1 Å². The first-order valence-corrected chi connectivity index (χ1v) is 12.0. The maximum absolute atomic E-state index is 13.4. The molecule has 0 unspecified atom stereocenters. The Morgan fingerprint density at radius 1 is 1.05 bits per heavy atom. The van der Waals surface area contributed by atoms with Crippen LogP contribution in [0.5, 0.6) is 28.7 Å². The number of ketones is 1. The molecule has 0 atom stereocenters. The van der Waals surface area contributed by atoms with Gasteiger partial charge < -0.3 is 33.7 Å². The Labute approximate surface area is 215 Å². The van der Waals surface area contributed by atoms with Crippen molar-refractivity contribution in [3.05, 3.63) is 46.2 Å². The molecule has 0 saturated carbocycles. The van der Waals surface area contributed by atoms with Gasteiger partial charge >= 0.3 is 6.09 Å². The fourth-order valence-electron chi connectivity index (χ4n) is 4.60. The molecular formula is C27H32N2O8. The molecule has 198 valence electrons. The van der Waals surface area contributed by atoms with Gasteiger partial charge in [0, 0.05) is 32.7 Å². The highest BCUT2D eigenvalue weighted by Gasteiger charge is 2.34. The van der Waals surface area contributed by atoms with Crippen LogP contribution >= 0.6 is 0 Å². The molecule has 2 aromatic rings. The van der Waals surface area contributed by atoms with Gasteiger partial charge in [0.1, 0.15) is 11.5 Å². The van der Waals surface area contributed by atoms with E-state index in [9.17, 15) is 14.7 Å². The summed E-state index contributed by atoms with van der Waals surface area (Å²) in [5, 5.41) is 10.8. The average Bonchev–Trinajstić information content (AvgIpc) is 3.22. The van der Waals surface area contributed by atoms with Crippen LogP contribution in [0.15, 0.2) is 24.0 Å². The highest BCUT2D eigenvalue weighted by molar-refractivity contribution is 6.16. The van der Waals surface area contributed by atoms with Crippen LogP contribution in [0.1, 0.15) is 34.0 Å². The number of piperazine rings is 1. The van der Waals surface area contributed by atoms with Crippen molar-refractivity contribution < 1.29 is 38.4 Å². The van der Waals surface area contributed by atoms with Crippen molar-refractivity contribution in [2.75, 3.05) is 54.1 Å². The lowest BCUT2D eigenvalue weighted by atomic mass is 9.99. The van der Waals surface area contributed by atoms with E-state index in [-0.39, 0.29) is 23.4 Å². The fourth-order valence-corrected chi connectivity index (χ4v) is 4.60. The second kappa shape index (κ2) is 11.0. The van der Waals surface area contributed by atoms with E-state index < -0.39 is 0 Å². The van der Waals surface area contributed by atoms with Gasteiger partial charge in [-0.15, -0.1) is 0 Å². The largest absolute Gasteiger partial charge is 0.507 e. The number of fused-ring (bicyclic) bond motifs is 1. The molecule has 1 saturated heterocycles. The first-order valence-electron chi connectivity index (χ1n) is 12.0. The molecule has 0 aliphatic carbocycles. The molecule has 1 fully saturated rings. The van der Waals surface area contributed by atoms with Gasteiger partial charge in [-0.3, -0.25) is 9.69 Å². The monoisotopic (exact) mass is 512 g/mol. The zero-order valence-corrected chi connectivity index (χ0v) is 21.8. The minimum atomic E-state index is -0.322. The highest BCUT2D eigenvalue weighted by Crippen LogP contribution is 2.43. The second-order valence-electron chi connectivity index (χ2n) is 8.76. The normalized spacial score (nSPS) is 16.4. The van der Waals surface area contributed by atoms with Crippen molar-refractivity contribution in [2.24, 2.45) is 0 Å². The van der Waals surface area contributed by atoms with Gasteiger partial charge in [0.25, 0.3) is 0 Å². The first-order chi connectivity index (χ1) is 17.8. The Bertz CT molecular complexity index is 1210. The summed E-state index contributed by atoms with van der Waals surface area (Å²) >= 11 is 0. The maximum Gasteiger partial charge on any atom is 0.409 e. The number of benzene rings is 2. The third-order valence-electron chi connectivity index (χ3n) is 6.49. The van der Waals surface area contributed by atoms with Crippen molar-refractivity contribution in [3.63, 3.8) is 0 Å². The van der Waals surface area contributed by atoms with Gasteiger partial charge in [0.2, 0.25) is 11.5 Å². The summed E-state index contributed by atoms with van der Waals surface area (Å²) in [5.41, 5.74) is 2.22. The van der Waals surface area contributed by atoms with E-state index in [1.807, 2.05) is 0 Å². The summed E-state index contributed by atoms with van der Waals surface area (Å²) in [7, 11) is 4.56. The van der Waals surface area contributed by atoms with E-state index in [0.29, 0.717) is 84.6 Å². The van der Waals surface area contributed by atoms with Crippen molar-refractivity contribution in [2.45, 2.75) is 20.4 Å². The van der Waals surface area contributed by atoms with Crippen molar-refractivity contribution in [1.29, 1.82) is 0 Å². The Kier molecular flexibility index (Phi) is 7.77. The number of phenols is 1. The Morgan fingerprint density at radius 3 is 2.27 bits per heavy atom. The third kappa shape index (κ3) is 5.15. The molecule has 2 heterocycles. The lowest BCUT2D eigenvalue weighted by Gasteiger charge is -2.34. The number of rotatable bonds is 7. The summed E-state index contributed by atoms with van der Waals surface area (Å²) in [5.74, 6) is 1.63. The molecule has 37 heavy (non-hydrogen) atoms. The summed E-state index contributed by atoms with van der Waals surface area (Å²) < 4.78 is 27.4. The number of amides is 1. The topological polar surface area (TPSA) is 107 Å². The molecule has 2 aliphatic heterocycles. The number of phenolic OH excluding ortho intramolecular Hbond substituents is 1. The van der Waals surface area contributed by atoms with Gasteiger partial charge in [-0.05, 0) is 49.2 Å². The molecule has 0 spiro atoms. The highest BCUT2D eigenvalue weighted by atomic mass is 16.6. The maximum atomic E-state index is 13.4. The van der Waals surface area contributed by atoms with E-state index in [2.05, 4.69) is 4.90 Å². The van der Waals surface area contributed by atoms with Crippen molar-refractivity contribution in [1.82, 2.24) is 9.80 Å². The zero-order chi connectivity index (χ0) is 26.7. The van der Waals surface area contributed by atoms with Crippen LogP contribution in [0.2, 0.25) is 0 Å². The Morgan fingerprint density at radius 2 is 1.70 bits per heavy atom. The number of carbonyl (C=O) groups is 2. The van der Waals surface area contributed by atoms with Crippen LogP contribution in [-0.2, 0) is 11.3 Å². The standard InChI is InChI=1S/C27H32N2O8/c1-6-36-27(32)29-9-7-28(8-10-29)15-18-19(30)11-16(2)23-24(31)20(37-25(18)23)12-17-13-21(33-3)26(35-5)22(14-17)34-4/h11-14,30H,6-10,15H2,1-5H3/b20-12+. The number of methoxy groups -OCH3 is 3. The molecule has 10 nitrogen and oxygen atoms in total. The molecule has 0 bridgehead atoms. The molecule has 10 heteroatoms. The van der Waals surface area contributed by atoms with Gasteiger partial charge in [-0.2, -0.15) is 0 Å². The summed E-state index contributed by atoms with van der Waals surface area (Å²) in [4.78, 5) is 29.1. The lowest BCUT2D eigenvalue weighted by Crippen LogP contribution is -2.48. The third-order valence-corrected chi connectivity index (χ3v) is 6.49. The van der Waals surface area contributed by atoms with Gasteiger partial charge in [0.15, 0.2) is 17.3 Å². The molecule has 0 aromatic heterocycles. The number of Topliss-reactive ketones (excluding diaryl/α,β-unsaturated/α-hetero) is 1. The molecule has 1 N–H and O–H groups in total. The molecule has 4 rings (SSSR count). The predicted molar refractivity (Wildman–Crippen MR) is 136 cm³/mol. The van der Waals surface area contributed by atoms with Crippen LogP contribution < -0.4 is 18.9 Å². The van der Waals surface area contributed by atoms with Crippen molar-refractivity contribution in [3.8, 4) is 28.7 Å². The van der Waals surface area contributed by atoms with E-state index in [0.717, 1.165) is 0 Å². The van der Waals surface area contributed by atoms with Crippen LogP contribution in [0, 0.1) is 6.92 Å². The Hall–Kier alpha value is -3.92. The number of allylic oxidation sites excluding steroid dienone is 1. The van der Waals surface area contributed by atoms with Gasteiger partial charge in [-0.25, -0.2) is 4.79 Å². The fraction of sp³-hybridized carbons (Fsp3) is 0.407. The van der Waals surface area contributed by atoms with Crippen LogP contribution in [-0.4, -0.2) is 80.9 Å². The van der Waals surface area contributed by atoms with Crippen LogP contribution in [0.3, 0.4) is 0 Å². The SMILES string of the molecule is CCOC(=O)N1CCN(Cc2c(O)cc(C)c3c2O/C(=C/c2cc(OC)c(OC)c(OC)c2)C3=O)CC1. The average molecular weight is 513 g/mol. The smallest absolute Gasteiger partial charge is 0.409 e. The number of ether oxygens (including phenoxy) is 5. The molecular weight excluding hydrogens is 480 g/mol. The summed E-state index contributed by atoms with van der Waals surface area (Å²) in [6, 6.07) is 5.04. The number of aryl methyl sites for hydroxylation is 1. The molecule has 2 aromatic carbocycles. The molecule has 1 amide bonds. The van der Waals surface area contributed by atoms with E-state index >= 15 is 0 Å². The molecule has 0 radical (unpaired) electrons. The number of nitrogens with zero attached hydrogens (tertiary/aromatic N) is 2. The van der Waals surface area contributed by atoms with Crippen LogP contribution in [0.4, 0.5) is 4.79 Å². The van der Waals surface area contributed by atoms with E-state index in [4.69, 9.17) is 23.7 Å². The number of hydrogen-bond donors (Lipinski definition) is 1. The number of hydrogen-bond acceptors (Lipinski definition) is 9. The zero-order valence-electron chi connectivity index (χ0n) is 21.8. The molecule has 2 aliphatic rings.